The van der Waals surface area contributed by atoms with Gasteiger partial charge in [0, 0.05) is 12.2 Å². The fourth-order valence-corrected chi connectivity index (χ4v) is 2.12. The average molecular weight is 356 g/mol. The summed E-state index contributed by atoms with van der Waals surface area (Å²) in [4.78, 5) is 13.9. The first-order valence-corrected chi connectivity index (χ1v) is 8.43. The lowest BCUT2D eigenvalue weighted by Gasteiger charge is -2.26. The topological polar surface area (TPSA) is 71.0 Å². The lowest BCUT2D eigenvalue weighted by atomic mass is 10.2. The quantitative estimate of drug-likeness (QED) is 0.593. The number of carbonyl (C=O) groups is 1. The van der Waals surface area contributed by atoms with Gasteiger partial charge in [-0.2, -0.15) is 0 Å². The molecule has 6 nitrogen and oxygen atoms in total. The normalized spacial score (nSPS) is 13.9. The number of carbonyl (C=O) groups excluding carboxylic acids is 1. The summed E-state index contributed by atoms with van der Waals surface area (Å²) in [7, 11) is 1.74. The second kappa shape index (κ2) is 11.1. The SMILES string of the molecule is CC(C)OCCOCC(O)CN(C)C(C)C(=O)Nc1cccc(F)c1. The third kappa shape index (κ3) is 8.92. The van der Waals surface area contributed by atoms with Gasteiger partial charge in [0.05, 0.1) is 38.1 Å². The summed E-state index contributed by atoms with van der Waals surface area (Å²) in [6.45, 7) is 6.95. The minimum absolute atomic E-state index is 0.150. The van der Waals surface area contributed by atoms with Gasteiger partial charge in [0.2, 0.25) is 5.91 Å². The van der Waals surface area contributed by atoms with Gasteiger partial charge in [-0.15, -0.1) is 0 Å². The highest BCUT2D eigenvalue weighted by Crippen LogP contribution is 2.10. The van der Waals surface area contributed by atoms with Gasteiger partial charge >= 0.3 is 0 Å². The lowest BCUT2D eigenvalue weighted by molar-refractivity contribution is -0.120. The molecule has 0 saturated heterocycles. The number of ether oxygens (including phenoxy) is 2. The van der Waals surface area contributed by atoms with Crippen molar-refractivity contribution in [3.05, 3.63) is 30.1 Å². The third-order valence-electron chi connectivity index (χ3n) is 3.62. The summed E-state index contributed by atoms with van der Waals surface area (Å²) >= 11 is 0. The van der Waals surface area contributed by atoms with E-state index in [-0.39, 0.29) is 25.2 Å². The van der Waals surface area contributed by atoms with Crippen LogP contribution >= 0.6 is 0 Å². The zero-order chi connectivity index (χ0) is 18.8. The number of benzene rings is 1. The fraction of sp³-hybridized carbons (Fsp3) is 0.611. The van der Waals surface area contributed by atoms with E-state index in [1.54, 1.807) is 24.9 Å². The number of hydrogen-bond donors (Lipinski definition) is 2. The second-order valence-corrected chi connectivity index (χ2v) is 6.26. The number of amides is 1. The van der Waals surface area contributed by atoms with E-state index in [0.717, 1.165) is 0 Å². The van der Waals surface area contributed by atoms with Crippen molar-refractivity contribution in [3.63, 3.8) is 0 Å². The van der Waals surface area contributed by atoms with Gasteiger partial charge in [-0.25, -0.2) is 4.39 Å². The summed E-state index contributed by atoms with van der Waals surface area (Å²) in [5.74, 6) is -0.681. The van der Waals surface area contributed by atoms with Crippen molar-refractivity contribution in [2.24, 2.45) is 0 Å². The first kappa shape index (κ1) is 21.5. The fourth-order valence-electron chi connectivity index (χ4n) is 2.12. The van der Waals surface area contributed by atoms with Gasteiger partial charge in [-0.1, -0.05) is 6.07 Å². The highest BCUT2D eigenvalue weighted by molar-refractivity contribution is 5.94. The van der Waals surface area contributed by atoms with Crippen LogP contribution in [0.2, 0.25) is 0 Å². The molecule has 1 aromatic rings. The van der Waals surface area contributed by atoms with Crippen LogP contribution < -0.4 is 5.32 Å². The molecule has 0 aromatic heterocycles. The Morgan fingerprint density at radius 1 is 1.32 bits per heavy atom. The predicted molar refractivity (Wildman–Crippen MR) is 95.0 cm³/mol. The molecule has 1 aromatic carbocycles. The van der Waals surface area contributed by atoms with Gasteiger partial charge in [-0.3, -0.25) is 9.69 Å². The number of aliphatic hydroxyl groups is 1. The Morgan fingerprint density at radius 2 is 2.04 bits per heavy atom. The molecule has 1 amide bonds. The molecule has 0 fully saturated rings. The Kier molecular flexibility index (Phi) is 9.59. The number of nitrogens with one attached hydrogen (secondary N) is 1. The molecule has 2 unspecified atom stereocenters. The average Bonchev–Trinajstić information content (AvgIpc) is 2.53. The van der Waals surface area contributed by atoms with E-state index in [2.05, 4.69) is 5.32 Å². The van der Waals surface area contributed by atoms with Crippen molar-refractivity contribution in [2.75, 3.05) is 38.7 Å². The van der Waals surface area contributed by atoms with Gasteiger partial charge in [0.1, 0.15) is 5.82 Å². The van der Waals surface area contributed by atoms with Gasteiger partial charge in [-0.05, 0) is 46.0 Å². The first-order valence-electron chi connectivity index (χ1n) is 8.43. The molecule has 1 rings (SSSR count). The lowest BCUT2D eigenvalue weighted by Crippen LogP contribution is -2.44. The number of aliphatic hydroxyl groups excluding tert-OH is 1. The van der Waals surface area contributed by atoms with Crippen molar-refractivity contribution in [1.29, 1.82) is 0 Å². The highest BCUT2D eigenvalue weighted by Gasteiger charge is 2.20. The largest absolute Gasteiger partial charge is 0.389 e. The van der Waals surface area contributed by atoms with Crippen molar-refractivity contribution in [3.8, 4) is 0 Å². The van der Waals surface area contributed by atoms with Crippen LogP contribution in [-0.4, -0.2) is 67.6 Å². The number of anilines is 1. The van der Waals surface area contributed by atoms with Crippen LogP contribution in [0.15, 0.2) is 24.3 Å². The molecular formula is C18H29FN2O4. The van der Waals surface area contributed by atoms with Gasteiger partial charge in [0.15, 0.2) is 0 Å². The van der Waals surface area contributed by atoms with Crippen LogP contribution in [0.5, 0.6) is 0 Å². The maximum atomic E-state index is 13.1. The molecular weight excluding hydrogens is 327 g/mol. The van der Waals surface area contributed by atoms with Crippen molar-refractivity contribution in [1.82, 2.24) is 4.90 Å². The molecule has 2 N–H and O–H groups in total. The first-order chi connectivity index (χ1) is 11.8. The van der Waals surface area contributed by atoms with E-state index in [0.29, 0.717) is 18.9 Å². The highest BCUT2D eigenvalue weighted by atomic mass is 19.1. The molecule has 7 heteroatoms. The standard InChI is InChI=1S/C18H29FN2O4/c1-13(2)25-9-8-24-12-17(22)11-21(4)14(3)18(23)20-16-7-5-6-15(19)10-16/h5-7,10,13-14,17,22H,8-9,11-12H2,1-4H3,(H,20,23). The second-order valence-electron chi connectivity index (χ2n) is 6.26. The number of hydrogen-bond acceptors (Lipinski definition) is 5. The number of rotatable bonds is 11. The van der Waals surface area contributed by atoms with Crippen LogP contribution in [-0.2, 0) is 14.3 Å². The number of nitrogens with zero attached hydrogens (tertiary/aromatic N) is 1. The zero-order valence-corrected chi connectivity index (χ0v) is 15.4. The summed E-state index contributed by atoms with van der Waals surface area (Å²) in [5, 5.41) is 12.7. The van der Waals surface area contributed by atoms with E-state index in [9.17, 15) is 14.3 Å². The molecule has 0 aliphatic carbocycles. The Balaban J connectivity index is 2.32. The molecule has 0 aliphatic heterocycles. The third-order valence-corrected chi connectivity index (χ3v) is 3.62. The predicted octanol–water partition coefficient (Wildman–Crippen LogP) is 1.89. The molecule has 0 bridgehead atoms. The van der Waals surface area contributed by atoms with Crippen molar-refractivity contribution >= 4 is 11.6 Å². The van der Waals surface area contributed by atoms with Gasteiger partial charge in [0.25, 0.3) is 0 Å². The van der Waals surface area contributed by atoms with Crippen molar-refractivity contribution < 1.29 is 23.8 Å². The van der Waals surface area contributed by atoms with E-state index in [1.165, 1.54) is 18.2 Å². The maximum Gasteiger partial charge on any atom is 0.241 e. The molecule has 0 saturated carbocycles. The Bertz CT molecular complexity index is 528. The summed E-state index contributed by atoms with van der Waals surface area (Å²) in [5.41, 5.74) is 0.402. The smallest absolute Gasteiger partial charge is 0.241 e. The molecule has 0 radical (unpaired) electrons. The van der Waals surface area contributed by atoms with Crippen LogP contribution in [0.4, 0.5) is 10.1 Å². The van der Waals surface area contributed by atoms with Crippen LogP contribution in [0.1, 0.15) is 20.8 Å². The zero-order valence-electron chi connectivity index (χ0n) is 15.4. The molecule has 0 aliphatic rings. The monoisotopic (exact) mass is 356 g/mol. The molecule has 0 spiro atoms. The summed E-state index contributed by atoms with van der Waals surface area (Å²) in [6, 6.07) is 5.24. The van der Waals surface area contributed by atoms with E-state index in [4.69, 9.17) is 9.47 Å². The maximum absolute atomic E-state index is 13.1. The van der Waals surface area contributed by atoms with E-state index in [1.807, 2.05) is 13.8 Å². The van der Waals surface area contributed by atoms with Crippen LogP contribution in [0.25, 0.3) is 0 Å². The minimum atomic E-state index is -0.714. The van der Waals surface area contributed by atoms with Crippen LogP contribution in [0.3, 0.4) is 0 Å². The van der Waals surface area contributed by atoms with E-state index < -0.39 is 18.0 Å². The molecule has 0 heterocycles. The summed E-state index contributed by atoms with van der Waals surface area (Å²) < 4.78 is 23.8. The number of likely N-dealkylation sites (N-methyl/N-ethyl adjacent to an activating group) is 1. The minimum Gasteiger partial charge on any atom is -0.389 e. The van der Waals surface area contributed by atoms with E-state index >= 15 is 0 Å². The Labute approximate surface area is 148 Å². The molecule has 2 atom stereocenters. The van der Waals surface area contributed by atoms with Crippen molar-refractivity contribution in [2.45, 2.75) is 39.0 Å². The Hall–Kier alpha value is -1.54. The summed E-state index contributed by atoms with van der Waals surface area (Å²) in [6.07, 6.45) is -0.564. The molecule has 142 valence electrons. The number of halogens is 1. The Morgan fingerprint density at radius 3 is 2.68 bits per heavy atom. The van der Waals surface area contributed by atoms with Crippen LogP contribution in [0, 0.1) is 5.82 Å². The van der Waals surface area contributed by atoms with Gasteiger partial charge < -0.3 is 19.9 Å². The molecule has 25 heavy (non-hydrogen) atoms.